The maximum Gasteiger partial charge on any atom is 0.142 e. The van der Waals surface area contributed by atoms with Crippen LogP contribution >= 0.6 is 11.6 Å². The van der Waals surface area contributed by atoms with E-state index in [9.17, 15) is 4.39 Å². The van der Waals surface area contributed by atoms with Gasteiger partial charge in [-0.3, -0.25) is 4.90 Å². The van der Waals surface area contributed by atoms with E-state index in [1.807, 2.05) is 12.3 Å². The average molecular weight is 375 g/mol. The van der Waals surface area contributed by atoms with Gasteiger partial charge in [0.05, 0.1) is 5.02 Å². The number of hydrogen-bond donors (Lipinski definition) is 0. The van der Waals surface area contributed by atoms with E-state index in [0.717, 1.165) is 63.4 Å². The largest absolute Gasteiger partial charge is 0.302 e. The predicted octanol–water partition coefficient (Wildman–Crippen LogP) is 3.64. The highest BCUT2D eigenvalue weighted by molar-refractivity contribution is 6.30. The van der Waals surface area contributed by atoms with E-state index in [-0.39, 0.29) is 10.8 Å². The zero-order chi connectivity index (χ0) is 18.1. The third-order valence-electron chi connectivity index (χ3n) is 5.49. The summed E-state index contributed by atoms with van der Waals surface area (Å²) < 4.78 is 13.6. The van der Waals surface area contributed by atoms with Crippen LogP contribution in [0, 0.1) is 5.82 Å². The van der Waals surface area contributed by atoms with Crippen molar-refractivity contribution in [3.8, 4) is 0 Å². The summed E-state index contributed by atoms with van der Waals surface area (Å²) >= 11 is 5.76. The van der Waals surface area contributed by atoms with E-state index in [2.05, 4.69) is 21.8 Å². The van der Waals surface area contributed by atoms with E-state index in [0.29, 0.717) is 5.92 Å². The fourth-order valence-electron chi connectivity index (χ4n) is 3.91. The molecule has 2 aliphatic rings. The summed E-state index contributed by atoms with van der Waals surface area (Å²) in [5.41, 5.74) is 3.47. The standard InChI is InChI=1S/C20H24ClFN4/c1-25-7-6-19-16(13-25)11-23-20(24-19)15-4-8-26(9-5-15)12-14-2-3-17(21)18(22)10-14/h2-3,10-11,15H,4-9,12-13H2,1H3. The van der Waals surface area contributed by atoms with E-state index in [1.54, 1.807) is 6.07 Å². The van der Waals surface area contributed by atoms with Crippen LogP contribution in [0.3, 0.4) is 0 Å². The molecule has 2 aliphatic heterocycles. The average Bonchev–Trinajstić information content (AvgIpc) is 2.65. The van der Waals surface area contributed by atoms with Crippen LogP contribution in [-0.2, 0) is 19.5 Å². The maximum absolute atomic E-state index is 13.6. The highest BCUT2D eigenvalue weighted by Crippen LogP contribution is 2.28. The minimum atomic E-state index is -0.341. The minimum absolute atomic E-state index is 0.184. The van der Waals surface area contributed by atoms with Crippen LogP contribution in [0.2, 0.25) is 5.02 Å². The summed E-state index contributed by atoms with van der Waals surface area (Å²) in [5.74, 6) is 1.09. The Morgan fingerprint density at radius 2 is 2.04 bits per heavy atom. The van der Waals surface area contributed by atoms with Gasteiger partial charge in [-0.15, -0.1) is 0 Å². The van der Waals surface area contributed by atoms with Crippen molar-refractivity contribution >= 4 is 11.6 Å². The molecule has 26 heavy (non-hydrogen) atoms. The molecule has 2 aromatic rings. The van der Waals surface area contributed by atoms with Crippen molar-refractivity contribution < 1.29 is 4.39 Å². The molecule has 0 spiro atoms. The predicted molar refractivity (Wildman–Crippen MR) is 101 cm³/mol. The topological polar surface area (TPSA) is 32.3 Å². The Balaban J connectivity index is 1.37. The number of likely N-dealkylation sites (N-methyl/N-ethyl adjacent to an activating group) is 1. The number of aromatic nitrogens is 2. The minimum Gasteiger partial charge on any atom is -0.302 e. The van der Waals surface area contributed by atoms with Gasteiger partial charge in [-0.25, -0.2) is 14.4 Å². The molecule has 0 aliphatic carbocycles. The monoisotopic (exact) mass is 374 g/mol. The number of benzene rings is 1. The first-order valence-electron chi connectivity index (χ1n) is 9.28. The fraction of sp³-hybridized carbons (Fsp3) is 0.500. The lowest BCUT2D eigenvalue weighted by Gasteiger charge is -2.32. The van der Waals surface area contributed by atoms with Crippen molar-refractivity contribution in [1.82, 2.24) is 19.8 Å². The molecule has 6 heteroatoms. The van der Waals surface area contributed by atoms with Crippen LogP contribution in [0.5, 0.6) is 0 Å². The van der Waals surface area contributed by atoms with Crippen LogP contribution < -0.4 is 0 Å². The molecule has 0 unspecified atom stereocenters. The lowest BCUT2D eigenvalue weighted by atomic mass is 9.95. The summed E-state index contributed by atoms with van der Waals surface area (Å²) in [6.07, 6.45) is 5.14. The van der Waals surface area contributed by atoms with Crippen molar-refractivity contribution in [3.05, 3.63) is 57.9 Å². The normalized spacial score (nSPS) is 19.5. The Morgan fingerprint density at radius 3 is 2.81 bits per heavy atom. The molecule has 0 atom stereocenters. The number of hydrogen-bond acceptors (Lipinski definition) is 4. The van der Waals surface area contributed by atoms with Crippen LogP contribution in [0.25, 0.3) is 0 Å². The Labute approximate surface area is 159 Å². The van der Waals surface area contributed by atoms with Crippen LogP contribution in [0.4, 0.5) is 4.39 Å². The molecular weight excluding hydrogens is 351 g/mol. The van der Waals surface area contributed by atoms with Crippen LogP contribution in [-0.4, -0.2) is 46.4 Å². The number of piperidine rings is 1. The van der Waals surface area contributed by atoms with E-state index in [4.69, 9.17) is 16.6 Å². The highest BCUT2D eigenvalue weighted by Gasteiger charge is 2.24. The first-order chi connectivity index (χ1) is 12.6. The molecule has 0 radical (unpaired) electrons. The van der Waals surface area contributed by atoms with Gasteiger partial charge in [-0.05, 0) is 50.7 Å². The summed E-state index contributed by atoms with van der Waals surface area (Å²) in [7, 11) is 2.14. The summed E-state index contributed by atoms with van der Waals surface area (Å²) in [5, 5.41) is 0.184. The second-order valence-electron chi connectivity index (χ2n) is 7.49. The lowest BCUT2D eigenvalue weighted by molar-refractivity contribution is 0.201. The molecule has 1 saturated heterocycles. The molecule has 4 nitrogen and oxygen atoms in total. The van der Waals surface area contributed by atoms with Gasteiger partial charge in [0, 0.05) is 49.4 Å². The molecular formula is C20H24ClFN4. The summed E-state index contributed by atoms with van der Waals surface area (Å²) in [6, 6.07) is 5.08. The van der Waals surface area contributed by atoms with Crippen molar-refractivity contribution in [2.24, 2.45) is 0 Å². The van der Waals surface area contributed by atoms with Crippen LogP contribution in [0.15, 0.2) is 24.4 Å². The first-order valence-corrected chi connectivity index (χ1v) is 9.66. The molecule has 1 aromatic carbocycles. The zero-order valence-electron chi connectivity index (χ0n) is 15.1. The van der Waals surface area contributed by atoms with E-state index < -0.39 is 0 Å². The third kappa shape index (κ3) is 3.90. The Bertz CT molecular complexity index is 789. The molecule has 3 heterocycles. The van der Waals surface area contributed by atoms with Crippen LogP contribution in [0.1, 0.15) is 41.4 Å². The molecule has 4 rings (SSSR count). The van der Waals surface area contributed by atoms with Gasteiger partial charge < -0.3 is 4.90 Å². The number of rotatable bonds is 3. The molecule has 1 fully saturated rings. The molecule has 0 N–H and O–H groups in total. The smallest absolute Gasteiger partial charge is 0.142 e. The number of likely N-dealkylation sites (tertiary alicyclic amines) is 1. The number of halogens is 2. The first kappa shape index (κ1) is 17.8. The van der Waals surface area contributed by atoms with E-state index >= 15 is 0 Å². The third-order valence-corrected chi connectivity index (χ3v) is 5.79. The van der Waals surface area contributed by atoms with Gasteiger partial charge in [-0.2, -0.15) is 0 Å². The molecule has 0 saturated carbocycles. The van der Waals surface area contributed by atoms with Gasteiger partial charge in [0.15, 0.2) is 0 Å². The number of fused-ring (bicyclic) bond motifs is 1. The van der Waals surface area contributed by atoms with Gasteiger partial charge >= 0.3 is 0 Å². The zero-order valence-corrected chi connectivity index (χ0v) is 15.8. The van der Waals surface area contributed by atoms with Gasteiger partial charge in [0.2, 0.25) is 0 Å². The Kier molecular flexibility index (Phi) is 5.20. The van der Waals surface area contributed by atoms with Crippen molar-refractivity contribution in [1.29, 1.82) is 0 Å². The Morgan fingerprint density at radius 1 is 1.23 bits per heavy atom. The maximum atomic E-state index is 13.6. The summed E-state index contributed by atoms with van der Waals surface area (Å²) in [6.45, 7) is 4.75. The molecule has 0 bridgehead atoms. The van der Waals surface area contributed by atoms with Crippen molar-refractivity contribution in [2.45, 2.75) is 38.3 Å². The second kappa shape index (κ2) is 7.59. The quantitative estimate of drug-likeness (QED) is 0.821. The Hall–Kier alpha value is -1.56. The highest BCUT2D eigenvalue weighted by atomic mass is 35.5. The van der Waals surface area contributed by atoms with Crippen molar-refractivity contribution in [3.63, 3.8) is 0 Å². The van der Waals surface area contributed by atoms with Gasteiger partial charge in [0.25, 0.3) is 0 Å². The lowest BCUT2D eigenvalue weighted by Crippen LogP contribution is -2.33. The SMILES string of the molecule is CN1CCc2nc(C3CCN(Cc4ccc(Cl)c(F)c4)CC3)ncc2C1. The molecule has 0 amide bonds. The molecule has 1 aromatic heterocycles. The second-order valence-corrected chi connectivity index (χ2v) is 7.89. The van der Waals surface area contributed by atoms with E-state index in [1.165, 1.54) is 17.3 Å². The number of nitrogens with zero attached hydrogens (tertiary/aromatic N) is 4. The molecule has 138 valence electrons. The van der Waals surface area contributed by atoms with Gasteiger partial charge in [0.1, 0.15) is 11.6 Å². The fourth-order valence-corrected chi connectivity index (χ4v) is 4.03. The van der Waals surface area contributed by atoms with Gasteiger partial charge in [-0.1, -0.05) is 17.7 Å². The van der Waals surface area contributed by atoms with Crippen molar-refractivity contribution in [2.75, 3.05) is 26.7 Å². The summed E-state index contributed by atoms with van der Waals surface area (Å²) in [4.78, 5) is 14.2.